The highest BCUT2D eigenvalue weighted by atomic mass is 19.1. The Bertz CT molecular complexity index is 2020. The lowest BCUT2D eigenvalue weighted by Gasteiger charge is -2.27. The Kier molecular flexibility index (Phi) is 6.91. The molecule has 5 heterocycles. The van der Waals surface area contributed by atoms with Gasteiger partial charge >= 0.3 is 0 Å². The summed E-state index contributed by atoms with van der Waals surface area (Å²) in [6, 6.07) is 6.71. The number of benzene rings is 2. The minimum atomic E-state index is -0.996. The van der Waals surface area contributed by atoms with E-state index in [1.54, 1.807) is 18.2 Å². The van der Waals surface area contributed by atoms with Crippen LogP contribution in [-0.2, 0) is 33.9 Å². The SMILES string of the molecule is Cc1[nH]c2c(c1C(=O)NCCCN1Cc3cc4c(cc3C1)C(=O)N(C1CCC(=O)NC1=O)C4=O)CC/C2=C1/C(=O)Nc2ccc(F)cc21. The van der Waals surface area contributed by atoms with Crippen molar-refractivity contribution in [2.45, 2.75) is 58.2 Å². The Labute approximate surface area is 273 Å². The van der Waals surface area contributed by atoms with Gasteiger partial charge in [-0.05, 0) is 85.2 Å². The van der Waals surface area contributed by atoms with Crippen LogP contribution in [0.1, 0.15) is 90.4 Å². The molecular weight excluding hydrogens is 619 g/mol. The lowest BCUT2D eigenvalue weighted by Crippen LogP contribution is -2.54. The molecule has 3 aromatic rings. The molecule has 244 valence electrons. The first-order valence-corrected chi connectivity index (χ1v) is 16.0. The Balaban J connectivity index is 0.894. The third kappa shape index (κ3) is 4.67. The van der Waals surface area contributed by atoms with Crippen molar-refractivity contribution >= 4 is 52.3 Å². The summed E-state index contributed by atoms with van der Waals surface area (Å²) < 4.78 is 14.0. The summed E-state index contributed by atoms with van der Waals surface area (Å²) in [6.07, 6.45) is 2.00. The number of piperidine rings is 1. The molecule has 0 bridgehead atoms. The van der Waals surface area contributed by atoms with Gasteiger partial charge in [0.05, 0.1) is 22.3 Å². The first-order chi connectivity index (χ1) is 23.1. The van der Waals surface area contributed by atoms with Gasteiger partial charge in [0.25, 0.3) is 23.6 Å². The number of anilines is 1. The monoisotopic (exact) mass is 650 g/mol. The quantitative estimate of drug-likeness (QED) is 0.181. The molecule has 12 nitrogen and oxygen atoms in total. The minimum Gasteiger partial charge on any atom is -0.358 e. The fourth-order valence-electron chi connectivity index (χ4n) is 7.75. The predicted molar refractivity (Wildman–Crippen MR) is 170 cm³/mol. The molecule has 1 fully saturated rings. The largest absolute Gasteiger partial charge is 0.358 e. The lowest BCUT2D eigenvalue weighted by molar-refractivity contribution is -0.136. The van der Waals surface area contributed by atoms with Crippen LogP contribution in [-0.4, -0.2) is 69.4 Å². The van der Waals surface area contributed by atoms with E-state index in [1.807, 2.05) is 6.92 Å². The summed E-state index contributed by atoms with van der Waals surface area (Å²) in [7, 11) is 0. The third-order valence-corrected chi connectivity index (χ3v) is 9.96. The third-order valence-electron chi connectivity index (χ3n) is 9.96. The lowest BCUT2D eigenvalue weighted by atomic mass is 9.99. The Hall–Kier alpha value is -5.43. The topological polar surface area (TPSA) is 161 Å². The number of imide groups is 2. The smallest absolute Gasteiger partial charge is 0.262 e. The highest BCUT2D eigenvalue weighted by Crippen LogP contribution is 2.44. The average Bonchev–Trinajstić information content (AvgIpc) is 3.83. The summed E-state index contributed by atoms with van der Waals surface area (Å²) in [6.45, 7) is 4.10. The number of H-pyrrole nitrogens is 1. The molecule has 8 rings (SSSR count). The molecule has 2 aromatic carbocycles. The maximum atomic E-state index is 14.0. The molecule has 1 saturated heterocycles. The predicted octanol–water partition coefficient (Wildman–Crippen LogP) is 2.81. The second-order valence-electron chi connectivity index (χ2n) is 12.9. The molecule has 0 saturated carbocycles. The normalized spacial score (nSPS) is 21.3. The van der Waals surface area contributed by atoms with Crippen molar-refractivity contribution < 1.29 is 33.2 Å². The van der Waals surface area contributed by atoms with Crippen molar-refractivity contribution in [3.63, 3.8) is 0 Å². The molecule has 1 atom stereocenters. The van der Waals surface area contributed by atoms with Crippen LogP contribution in [0.25, 0.3) is 11.1 Å². The van der Waals surface area contributed by atoms with E-state index in [-0.39, 0.29) is 35.8 Å². The number of hydrogen-bond donors (Lipinski definition) is 4. The van der Waals surface area contributed by atoms with E-state index in [9.17, 15) is 33.2 Å². The summed E-state index contributed by atoms with van der Waals surface area (Å²) in [5.41, 5.74) is 7.62. The fraction of sp³-hybridized carbons (Fsp3) is 0.314. The van der Waals surface area contributed by atoms with Gasteiger partial charge in [-0.2, -0.15) is 0 Å². The van der Waals surface area contributed by atoms with E-state index in [1.165, 1.54) is 12.1 Å². The number of allylic oxidation sites excluding steroid dienone is 1. The number of halogens is 1. The molecule has 13 heteroatoms. The van der Waals surface area contributed by atoms with Gasteiger partial charge in [-0.15, -0.1) is 0 Å². The summed E-state index contributed by atoms with van der Waals surface area (Å²) in [5, 5.41) is 8.05. The molecule has 5 aliphatic rings. The number of amides is 6. The number of nitrogens with zero attached hydrogens (tertiary/aromatic N) is 2. The number of carbonyl (C=O) groups excluding carboxylic acids is 6. The van der Waals surface area contributed by atoms with E-state index in [4.69, 9.17) is 0 Å². The van der Waals surface area contributed by atoms with Crippen LogP contribution in [0.15, 0.2) is 30.3 Å². The Morgan fingerprint density at radius 1 is 0.938 bits per heavy atom. The zero-order valence-electron chi connectivity index (χ0n) is 26.0. The molecule has 6 amide bonds. The number of hydrogen-bond acceptors (Lipinski definition) is 7. The first-order valence-electron chi connectivity index (χ1n) is 16.0. The van der Waals surface area contributed by atoms with Gasteiger partial charge in [0.1, 0.15) is 11.9 Å². The van der Waals surface area contributed by atoms with Crippen LogP contribution in [0.4, 0.5) is 10.1 Å². The summed E-state index contributed by atoms with van der Waals surface area (Å²) in [5.74, 6) is -2.98. The molecule has 4 N–H and O–H groups in total. The second kappa shape index (κ2) is 11.1. The van der Waals surface area contributed by atoms with Gasteiger partial charge in [0.15, 0.2) is 0 Å². The van der Waals surface area contributed by atoms with Gasteiger partial charge in [0, 0.05) is 55.2 Å². The molecular formula is C35H31FN6O6. The van der Waals surface area contributed by atoms with Crippen molar-refractivity contribution in [1.82, 2.24) is 25.4 Å². The maximum Gasteiger partial charge on any atom is 0.262 e. The molecule has 1 unspecified atom stereocenters. The number of aromatic amines is 1. The highest BCUT2D eigenvalue weighted by Gasteiger charge is 2.45. The molecule has 1 aliphatic carbocycles. The minimum absolute atomic E-state index is 0.0701. The zero-order valence-corrected chi connectivity index (χ0v) is 26.0. The Morgan fingerprint density at radius 3 is 2.38 bits per heavy atom. The molecule has 48 heavy (non-hydrogen) atoms. The van der Waals surface area contributed by atoms with Crippen LogP contribution in [0.5, 0.6) is 0 Å². The molecule has 0 radical (unpaired) electrons. The first kappa shape index (κ1) is 29.9. The van der Waals surface area contributed by atoms with Crippen molar-refractivity contribution in [2.75, 3.05) is 18.4 Å². The van der Waals surface area contributed by atoms with Crippen molar-refractivity contribution in [3.05, 3.63) is 86.5 Å². The van der Waals surface area contributed by atoms with E-state index in [0.717, 1.165) is 32.9 Å². The van der Waals surface area contributed by atoms with Gasteiger partial charge in [-0.1, -0.05) is 0 Å². The summed E-state index contributed by atoms with van der Waals surface area (Å²) in [4.78, 5) is 83.0. The van der Waals surface area contributed by atoms with Gasteiger partial charge in [0.2, 0.25) is 11.8 Å². The van der Waals surface area contributed by atoms with Gasteiger partial charge in [-0.25, -0.2) is 4.39 Å². The van der Waals surface area contributed by atoms with Crippen molar-refractivity contribution in [1.29, 1.82) is 0 Å². The number of nitrogens with one attached hydrogen (secondary N) is 4. The fourth-order valence-corrected chi connectivity index (χ4v) is 7.75. The van der Waals surface area contributed by atoms with Crippen LogP contribution in [0.2, 0.25) is 0 Å². The van der Waals surface area contributed by atoms with Crippen LogP contribution < -0.4 is 16.0 Å². The standard InChI is InChI=1S/C35H31FN6O6/c1-16-28(20-4-5-21(30(20)38-16)29-24-13-19(36)3-6-25(24)39-33(29)46)32(45)37-9-2-10-41-14-17-11-22-23(12-18(17)15-41)35(48)42(34(22)47)26-7-8-27(43)40-31(26)44/h3,6,11-13,26,38H,2,4-5,7-10,14-15H2,1H3,(H,37,45)(H,39,46)(H,40,43,44)/b29-21-. The number of aryl methyl sites for hydroxylation is 1. The number of carbonyl (C=O) groups is 6. The molecule has 1 aromatic heterocycles. The van der Waals surface area contributed by atoms with Crippen molar-refractivity contribution in [2.24, 2.45) is 0 Å². The van der Waals surface area contributed by atoms with Gasteiger partial charge in [-0.3, -0.25) is 43.9 Å². The highest BCUT2D eigenvalue weighted by molar-refractivity contribution is 6.37. The van der Waals surface area contributed by atoms with E-state index >= 15 is 0 Å². The molecule has 4 aliphatic heterocycles. The number of aromatic nitrogens is 1. The average molecular weight is 651 g/mol. The van der Waals surface area contributed by atoms with E-state index in [2.05, 4.69) is 25.8 Å². The van der Waals surface area contributed by atoms with Crippen molar-refractivity contribution in [3.8, 4) is 0 Å². The van der Waals surface area contributed by atoms with E-state index < -0.39 is 35.5 Å². The molecule has 0 spiro atoms. The number of fused-ring (bicyclic) bond motifs is 4. The summed E-state index contributed by atoms with van der Waals surface area (Å²) >= 11 is 0. The van der Waals surface area contributed by atoms with Crippen LogP contribution >= 0.6 is 0 Å². The maximum absolute atomic E-state index is 14.0. The second-order valence-corrected chi connectivity index (χ2v) is 12.9. The van der Waals surface area contributed by atoms with Crippen LogP contribution in [0, 0.1) is 12.7 Å². The van der Waals surface area contributed by atoms with Crippen LogP contribution in [0.3, 0.4) is 0 Å². The van der Waals surface area contributed by atoms with Gasteiger partial charge < -0.3 is 15.6 Å². The Morgan fingerprint density at radius 2 is 1.67 bits per heavy atom. The number of rotatable bonds is 6. The zero-order chi connectivity index (χ0) is 33.4. The van der Waals surface area contributed by atoms with E-state index in [0.29, 0.717) is 73.5 Å².